The summed E-state index contributed by atoms with van der Waals surface area (Å²) in [5.41, 5.74) is 7.86. The maximum Gasteiger partial charge on any atom is 0.247 e. The van der Waals surface area contributed by atoms with Crippen molar-refractivity contribution in [1.82, 2.24) is 10.2 Å². The maximum atomic E-state index is 5.62. The third-order valence-corrected chi connectivity index (χ3v) is 3.06. The van der Waals surface area contributed by atoms with Crippen LogP contribution in [0.5, 0.6) is 0 Å². The van der Waals surface area contributed by atoms with Gasteiger partial charge >= 0.3 is 0 Å². The molecular formula is C15H21N3O. The van der Waals surface area contributed by atoms with Gasteiger partial charge in [-0.25, -0.2) is 0 Å². The lowest BCUT2D eigenvalue weighted by molar-refractivity contribution is 0.499. The first kappa shape index (κ1) is 13.7. The Bertz CT molecular complexity index is 523. The highest BCUT2D eigenvalue weighted by Gasteiger charge is 2.14. The lowest BCUT2D eigenvalue weighted by atomic mass is 9.87. The number of hydrogen-bond donors (Lipinski definition) is 1. The fourth-order valence-electron chi connectivity index (χ4n) is 1.84. The Kier molecular flexibility index (Phi) is 4.00. The fraction of sp³-hybridized carbons (Fsp3) is 0.467. The van der Waals surface area contributed by atoms with Gasteiger partial charge in [0.15, 0.2) is 0 Å². The van der Waals surface area contributed by atoms with Gasteiger partial charge in [0.25, 0.3) is 0 Å². The molecule has 0 amide bonds. The van der Waals surface area contributed by atoms with E-state index in [1.807, 2.05) is 12.1 Å². The van der Waals surface area contributed by atoms with E-state index in [1.165, 1.54) is 5.56 Å². The number of nitrogens with zero attached hydrogens (tertiary/aromatic N) is 2. The highest BCUT2D eigenvalue weighted by atomic mass is 16.4. The van der Waals surface area contributed by atoms with Gasteiger partial charge in [0.2, 0.25) is 11.8 Å². The molecule has 0 aliphatic carbocycles. The van der Waals surface area contributed by atoms with Crippen molar-refractivity contribution in [2.75, 3.05) is 6.54 Å². The molecule has 102 valence electrons. The molecule has 19 heavy (non-hydrogen) atoms. The predicted octanol–water partition coefficient (Wildman–Crippen LogP) is 2.93. The molecule has 0 bridgehead atoms. The van der Waals surface area contributed by atoms with Gasteiger partial charge in [0, 0.05) is 12.0 Å². The van der Waals surface area contributed by atoms with E-state index in [0.29, 0.717) is 18.3 Å². The molecule has 0 saturated carbocycles. The summed E-state index contributed by atoms with van der Waals surface area (Å²) in [7, 11) is 0. The van der Waals surface area contributed by atoms with E-state index in [9.17, 15) is 0 Å². The molecule has 0 saturated heterocycles. The lowest BCUT2D eigenvalue weighted by Crippen LogP contribution is -2.10. The minimum absolute atomic E-state index is 0.152. The van der Waals surface area contributed by atoms with Crippen molar-refractivity contribution in [2.24, 2.45) is 5.73 Å². The average molecular weight is 259 g/mol. The van der Waals surface area contributed by atoms with Gasteiger partial charge in [-0.3, -0.25) is 0 Å². The Balaban J connectivity index is 2.16. The van der Waals surface area contributed by atoms with E-state index in [1.54, 1.807) is 0 Å². The highest BCUT2D eigenvalue weighted by molar-refractivity contribution is 5.53. The van der Waals surface area contributed by atoms with Crippen molar-refractivity contribution in [2.45, 2.75) is 39.0 Å². The summed E-state index contributed by atoms with van der Waals surface area (Å²) in [5.74, 6) is 1.23. The monoisotopic (exact) mass is 259 g/mol. The Morgan fingerprint density at radius 2 is 1.79 bits per heavy atom. The third-order valence-electron chi connectivity index (χ3n) is 3.06. The Labute approximate surface area is 114 Å². The minimum Gasteiger partial charge on any atom is -0.421 e. The normalized spacial score (nSPS) is 11.8. The second kappa shape index (κ2) is 5.53. The van der Waals surface area contributed by atoms with E-state index in [0.717, 1.165) is 18.4 Å². The number of rotatable bonds is 4. The smallest absolute Gasteiger partial charge is 0.247 e. The summed E-state index contributed by atoms with van der Waals surface area (Å²) in [6, 6.07) is 8.28. The SMILES string of the molecule is CC(C)(C)c1ccc(-c2nnc(CCCN)o2)cc1. The first-order chi connectivity index (χ1) is 9.00. The average Bonchev–Trinajstić information content (AvgIpc) is 2.84. The summed E-state index contributed by atoms with van der Waals surface area (Å²) in [4.78, 5) is 0. The van der Waals surface area contributed by atoms with Crippen molar-refractivity contribution in [3.05, 3.63) is 35.7 Å². The summed E-state index contributed by atoms with van der Waals surface area (Å²) in [6.45, 7) is 7.22. The molecule has 1 heterocycles. The number of hydrogen-bond acceptors (Lipinski definition) is 4. The number of aryl methyl sites for hydroxylation is 1. The van der Waals surface area contributed by atoms with Crippen LogP contribution in [0.25, 0.3) is 11.5 Å². The molecule has 1 aromatic carbocycles. The molecule has 0 radical (unpaired) electrons. The predicted molar refractivity (Wildman–Crippen MR) is 75.8 cm³/mol. The van der Waals surface area contributed by atoms with Crippen LogP contribution in [0.2, 0.25) is 0 Å². The molecule has 0 atom stereocenters. The molecule has 0 unspecified atom stereocenters. The second-order valence-electron chi connectivity index (χ2n) is 5.72. The quantitative estimate of drug-likeness (QED) is 0.916. The van der Waals surface area contributed by atoms with Crippen LogP contribution < -0.4 is 5.73 Å². The largest absolute Gasteiger partial charge is 0.421 e. The van der Waals surface area contributed by atoms with Crippen LogP contribution in [0.15, 0.2) is 28.7 Å². The second-order valence-corrected chi connectivity index (χ2v) is 5.72. The van der Waals surface area contributed by atoms with E-state index < -0.39 is 0 Å². The Morgan fingerprint density at radius 3 is 2.37 bits per heavy atom. The van der Waals surface area contributed by atoms with Crippen LogP contribution in [-0.2, 0) is 11.8 Å². The molecule has 4 heteroatoms. The zero-order chi connectivity index (χ0) is 13.9. The summed E-state index contributed by atoms with van der Waals surface area (Å²) in [6.07, 6.45) is 1.61. The van der Waals surface area contributed by atoms with Crippen LogP contribution in [0.1, 0.15) is 38.6 Å². The van der Waals surface area contributed by atoms with Crippen molar-refractivity contribution < 1.29 is 4.42 Å². The van der Waals surface area contributed by atoms with E-state index >= 15 is 0 Å². The summed E-state index contributed by atoms with van der Waals surface area (Å²) in [5, 5.41) is 8.10. The number of nitrogens with two attached hydrogens (primary N) is 1. The summed E-state index contributed by atoms with van der Waals surface area (Å²) >= 11 is 0. The first-order valence-electron chi connectivity index (χ1n) is 6.64. The third kappa shape index (κ3) is 3.41. The van der Waals surface area contributed by atoms with Crippen molar-refractivity contribution in [1.29, 1.82) is 0 Å². The van der Waals surface area contributed by atoms with Crippen LogP contribution in [-0.4, -0.2) is 16.7 Å². The van der Waals surface area contributed by atoms with Crippen LogP contribution in [0.3, 0.4) is 0 Å². The van der Waals surface area contributed by atoms with Crippen molar-refractivity contribution in [3.63, 3.8) is 0 Å². The number of benzene rings is 1. The highest BCUT2D eigenvalue weighted by Crippen LogP contribution is 2.25. The molecule has 2 N–H and O–H groups in total. The van der Waals surface area contributed by atoms with Crippen molar-refractivity contribution >= 4 is 0 Å². The molecule has 2 aromatic rings. The van der Waals surface area contributed by atoms with Crippen LogP contribution in [0, 0.1) is 0 Å². The molecule has 4 nitrogen and oxygen atoms in total. The minimum atomic E-state index is 0.152. The van der Waals surface area contributed by atoms with Gasteiger partial charge < -0.3 is 10.2 Å². The molecule has 2 rings (SSSR count). The first-order valence-corrected chi connectivity index (χ1v) is 6.64. The van der Waals surface area contributed by atoms with E-state index in [2.05, 4.69) is 43.1 Å². The van der Waals surface area contributed by atoms with E-state index in [4.69, 9.17) is 10.2 Å². The van der Waals surface area contributed by atoms with Gasteiger partial charge in [0.1, 0.15) is 0 Å². The number of aromatic nitrogens is 2. The Morgan fingerprint density at radius 1 is 1.11 bits per heavy atom. The standard InChI is InChI=1S/C15H21N3O/c1-15(2,3)12-8-6-11(7-9-12)14-18-17-13(19-14)5-4-10-16/h6-9H,4-5,10,16H2,1-3H3. The molecule has 0 aliphatic rings. The zero-order valence-corrected chi connectivity index (χ0v) is 11.8. The van der Waals surface area contributed by atoms with Crippen LogP contribution >= 0.6 is 0 Å². The molecule has 1 aromatic heterocycles. The van der Waals surface area contributed by atoms with Crippen molar-refractivity contribution in [3.8, 4) is 11.5 Å². The Hall–Kier alpha value is -1.68. The molecule has 0 aliphatic heterocycles. The van der Waals surface area contributed by atoms with Gasteiger partial charge in [-0.2, -0.15) is 0 Å². The zero-order valence-electron chi connectivity index (χ0n) is 11.8. The van der Waals surface area contributed by atoms with Gasteiger partial charge in [-0.1, -0.05) is 32.9 Å². The maximum absolute atomic E-state index is 5.62. The molecular weight excluding hydrogens is 238 g/mol. The fourth-order valence-corrected chi connectivity index (χ4v) is 1.84. The van der Waals surface area contributed by atoms with E-state index in [-0.39, 0.29) is 5.41 Å². The molecule has 0 spiro atoms. The van der Waals surface area contributed by atoms with Gasteiger partial charge in [0.05, 0.1) is 0 Å². The van der Waals surface area contributed by atoms with Gasteiger partial charge in [-0.15, -0.1) is 10.2 Å². The topological polar surface area (TPSA) is 64.9 Å². The summed E-state index contributed by atoms with van der Waals surface area (Å²) < 4.78 is 5.62. The van der Waals surface area contributed by atoms with Gasteiger partial charge in [-0.05, 0) is 36.1 Å². The lowest BCUT2D eigenvalue weighted by Gasteiger charge is -2.18. The van der Waals surface area contributed by atoms with Crippen LogP contribution in [0.4, 0.5) is 0 Å². The molecule has 0 fully saturated rings.